The third kappa shape index (κ3) is 3.76. The van der Waals surface area contributed by atoms with Gasteiger partial charge in [0, 0.05) is 5.54 Å². The van der Waals surface area contributed by atoms with Gasteiger partial charge in [-0.1, -0.05) is 13.8 Å². The Morgan fingerprint density at radius 2 is 2.14 bits per heavy atom. The Morgan fingerprint density at radius 1 is 1.57 bits per heavy atom. The smallest absolute Gasteiger partial charge is 0.137 e. The maximum absolute atomic E-state index is 10.8. The van der Waals surface area contributed by atoms with E-state index in [1.165, 1.54) is 0 Å². The van der Waals surface area contributed by atoms with E-state index in [1.54, 1.807) is 7.05 Å². The highest BCUT2D eigenvalue weighted by molar-refractivity contribution is 5.58. The summed E-state index contributed by atoms with van der Waals surface area (Å²) >= 11 is 0. The number of hydrogen-bond donors (Lipinski definition) is 2. The van der Waals surface area contributed by atoms with E-state index in [0.29, 0.717) is 0 Å². The number of aldehydes is 1. The van der Waals surface area contributed by atoms with Crippen LogP contribution in [0, 0.1) is 18.8 Å². The molecule has 0 aliphatic carbocycles. The van der Waals surface area contributed by atoms with E-state index in [4.69, 9.17) is 5.73 Å². The van der Waals surface area contributed by atoms with Gasteiger partial charge in [-0.25, -0.2) is 0 Å². The van der Waals surface area contributed by atoms with Crippen LogP contribution in [0.3, 0.4) is 0 Å². The van der Waals surface area contributed by atoms with Crippen molar-refractivity contribution in [2.24, 2.45) is 11.7 Å². The maximum atomic E-state index is 10.8. The van der Waals surface area contributed by atoms with Crippen LogP contribution in [0.1, 0.15) is 27.2 Å². The fourth-order valence-electron chi connectivity index (χ4n) is 1.40. The van der Waals surface area contributed by atoms with E-state index in [9.17, 15) is 4.79 Å². The molecule has 0 aliphatic heterocycles. The van der Waals surface area contributed by atoms with Crippen molar-refractivity contribution in [3.8, 4) is 0 Å². The molecule has 3 nitrogen and oxygen atoms in total. The van der Waals surface area contributed by atoms with E-state index in [1.807, 2.05) is 33.6 Å². The van der Waals surface area contributed by atoms with E-state index in [0.717, 1.165) is 12.7 Å². The minimum atomic E-state index is -0.346. The summed E-state index contributed by atoms with van der Waals surface area (Å²) < 4.78 is 0. The van der Waals surface area contributed by atoms with Crippen molar-refractivity contribution in [2.45, 2.75) is 38.8 Å². The van der Waals surface area contributed by atoms with Gasteiger partial charge < -0.3 is 15.8 Å². The van der Waals surface area contributed by atoms with Crippen LogP contribution >= 0.6 is 0 Å². The molecule has 0 bridgehead atoms. The number of carbonyl (C=O) groups is 1. The van der Waals surface area contributed by atoms with Gasteiger partial charge in [0.1, 0.15) is 6.29 Å². The van der Waals surface area contributed by atoms with Crippen LogP contribution < -0.4 is 11.1 Å². The van der Waals surface area contributed by atoms with Crippen LogP contribution in [0.2, 0.25) is 0 Å². The lowest BCUT2D eigenvalue weighted by Crippen LogP contribution is -2.52. The van der Waals surface area contributed by atoms with Crippen molar-refractivity contribution in [3.05, 3.63) is 12.8 Å². The highest BCUT2D eigenvalue weighted by Crippen LogP contribution is 2.22. The fraction of sp³-hybridized carbons (Fsp3) is 0.727. The summed E-state index contributed by atoms with van der Waals surface area (Å²) in [7, 11) is 1.78. The quantitative estimate of drug-likeness (QED) is 0.599. The molecule has 14 heavy (non-hydrogen) atoms. The molecule has 3 heteroatoms. The molecule has 0 heterocycles. The first kappa shape index (κ1) is 13.6. The topological polar surface area (TPSA) is 55.1 Å². The molecule has 2 radical (unpaired) electrons. The van der Waals surface area contributed by atoms with Gasteiger partial charge in [-0.05, 0) is 39.2 Å². The summed E-state index contributed by atoms with van der Waals surface area (Å²) in [5.74, 6) is 0.112. The van der Waals surface area contributed by atoms with Gasteiger partial charge in [-0.2, -0.15) is 0 Å². The number of unbranched alkanes of at least 4 members (excludes halogenated alkanes) is 1. The van der Waals surface area contributed by atoms with Crippen LogP contribution in [0.4, 0.5) is 0 Å². The van der Waals surface area contributed by atoms with Crippen LogP contribution in [0.15, 0.2) is 0 Å². The molecule has 3 N–H and O–H groups in total. The zero-order chi connectivity index (χ0) is 11.2. The predicted octanol–water partition coefficient (Wildman–Crippen LogP) is 0.945. The highest BCUT2D eigenvalue weighted by Gasteiger charge is 2.31. The van der Waals surface area contributed by atoms with Gasteiger partial charge in [0.25, 0.3) is 0 Å². The fourth-order valence-corrected chi connectivity index (χ4v) is 1.40. The molecule has 0 unspecified atom stereocenters. The molecule has 0 spiro atoms. The molecule has 0 aromatic heterocycles. The summed E-state index contributed by atoms with van der Waals surface area (Å²) in [6, 6.07) is -0.171. The lowest BCUT2D eigenvalue weighted by molar-refractivity contribution is -0.111. The Morgan fingerprint density at radius 3 is 2.50 bits per heavy atom. The van der Waals surface area contributed by atoms with Crippen molar-refractivity contribution < 1.29 is 4.79 Å². The molecule has 0 saturated heterocycles. The summed E-state index contributed by atoms with van der Waals surface area (Å²) in [6.07, 6.45) is 5.73. The number of carbonyl (C=O) groups excluding carboxylic acids is 1. The average Bonchev–Trinajstić information content (AvgIpc) is 2.16. The van der Waals surface area contributed by atoms with Crippen molar-refractivity contribution >= 4 is 6.29 Å². The first-order valence-electron chi connectivity index (χ1n) is 5.02. The number of hydrogen-bond acceptors (Lipinski definition) is 3. The monoisotopic (exact) mass is 198 g/mol. The third-order valence-corrected chi connectivity index (χ3v) is 2.85. The van der Waals surface area contributed by atoms with Crippen LogP contribution in [0.25, 0.3) is 0 Å². The van der Waals surface area contributed by atoms with Gasteiger partial charge >= 0.3 is 0 Å². The van der Waals surface area contributed by atoms with E-state index < -0.39 is 0 Å². The maximum Gasteiger partial charge on any atom is 0.137 e. The summed E-state index contributed by atoms with van der Waals surface area (Å²) in [5.41, 5.74) is 5.80. The first-order valence-corrected chi connectivity index (χ1v) is 5.02. The van der Waals surface area contributed by atoms with E-state index in [-0.39, 0.29) is 17.5 Å². The largest absolute Gasteiger partial charge is 0.325 e. The Labute approximate surface area is 87.4 Å². The Kier molecular flexibility index (Phi) is 5.96. The van der Waals surface area contributed by atoms with E-state index in [2.05, 4.69) is 5.32 Å². The number of nitrogens with one attached hydrogen (secondary N) is 1. The first-order chi connectivity index (χ1) is 6.49. The Balaban J connectivity index is 4.30. The van der Waals surface area contributed by atoms with Crippen molar-refractivity contribution in [2.75, 3.05) is 7.05 Å². The number of nitrogens with two attached hydrogens (primary N) is 1. The summed E-state index contributed by atoms with van der Waals surface area (Å²) in [6.45, 7) is 5.95. The molecule has 0 saturated carbocycles. The third-order valence-electron chi connectivity index (χ3n) is 2.85. The van der Waals surface area contributed by atoms with Gasteiger partial charge in [-0.15, -0.1) is 0 Å². The number of rotatable bonds is 7. The van der Waals surface area contributed by atoms with Crippen LogP contribution in [-0.4, -0.2) is 24.9 Å². The molecule has 0 amide bonds. The minimum Gasteiger partial charge on any atom is -0.325 e. The second-order valence-corrected chi connectivity index (χ2v) is 4.02. The lowest BCUT2D eigenvalue weighted by Gasteiger charge is -2.34. The number of likely N-dealkylation sites (N-methyl/N-ethyl adjacent to an activating group) is 1. The molecule has 82 valence electrons. The van der Waals surface area contributed by atoms with Crippen molar-refractivity contribution in [1.82, 2.24) is 5.32 Å². The molecular weight excluding hydrogens is 176 g/mol. The zero-order valence-electron chi connectivity index (χ0n) is 9.58. The normalized spacial score (nSPS) is 19.8. The van der Waals surface area contributed by atoms with Gasteiger partial charge in [-0.3, -0.25) is 0 Å². The van der Waals surface area contributed by atoms with Gasteiger partial charge in [0.2, 0.25) is 0 Å². The van der Waals surface area contributed by atoms with Crippen LogP contribution in [0.5, 0.6) is 0 Å². The zero-order valence-corrected chi connectivity index (χ0v) is 9.58. The second kappa shape index (κ2) is 6.14. The minimum absolute atomic E-state index is 0.112. The Bertz CT molecular complexity index is 169. The average molecular weight is 198 g/mol. The highest BCUT2D eigenvalue weighted by atomic mass is 16.1. The van der Waals surface area contributed by atoms with E-state index >= 15 is 0 Å². The second-order valence-electron chi connectivity index (χ2n) is 4.02. The molecule has 0 aromatic carbocycles. The molecule has 0 fully saturated rings. The molecule has 0 aliphatic rings. The van der Waals surface area contributed by atoms with Crippen molar-refractivity contribution in [3.63, 3.8) is 0 Å². The summed E-state index contributed by atoms with van der Waals surface area (Å²) in [5, 5.41) is 2.96. The molecule has 0 aromatic rings. The molecule has 3 atom stereocenters. The summed E-state index contributed by atoms with van der Waals surface area (Å²) in [4.78, 5) is 10.8. The molecular formula is C11H22N2O. The predicted molar refractivity (Wildman–Crippen MR) is 59.6 cm³/mol. The lowest BCUT2D eigenvalue weighted by atomic mass is 9.79. The van der Waals surface area contributed by atoms with Gasteiger partial charge in [0.15, 0.2) is 0 Å². The molecule has 0 rings (SSSR count). The van der Waals surface area contributed by atoms with Gasteiger partial charge in [0.05, 0.1) is 6.04 Å². The Hall–Kier alpha value is -0.410. The SMILES string of the molecule is C[CH][CH]C[C@](C)(N)[C@@H](C)[C@@H](C=O)NC. The van der Waals surface area contributed by atoms with Crippen LogP contribution in [-0.2, 0) is 4.79 Å². The van der Waals surface area contributed by atoms with Crippen molar-refractivity contribution in [1.29, 1.82) is 0 Å². The standard InChI is InChI=1S/C11H22N2O/c1-5-6-7-11(3,12)9(2)10(8-14)13-4/h5-6,8-10,13H,7,12H2,1-4H3/t9-,10+,11-/m0/s1.